The number of hydrogen-bond acceptors (Lipinski definition) is 3. The van der Waals surface area contributed by atoms with E-state index in [1.54, 1.807) is 7.11 Å². The Bertz CT molecular complexity index is 823. The summed E-state index contributed by atoms with van der Waals surface area (Å²) in [5.41, 5.74) is 4.13. The molecule has 0 N–H and O–H groups in total. The molecule has 1 fully saturated rings. The Balaban J connectivity index is 1.58. The molecule has 0 saturated carbocycles. The average Bonchev–Trinajstić information content (AvgIpc) is 2.73. The number of rotatable bonds is 3. The number of amides is 1. The zero-order valence-electron chi connectivity index (χ0n) is 16.2. The molecule has 1 saturated heterocycles. The van der Waals surface area contributed by atoms with Crippen molar-refractivity contribution in [2.75, 3.05) is 26.8 Å². The second-order valence-corrected chi connectivity index (χ2v) is 7.39. The normalized spacial score (nSPS) is 18.2. The summed E-state index contributed by atoms with van der Waals surface area (Å²) in [7, 11) is 1.72. The van der Waals surface area contributed by atoms with Gasteiger partial charge < -0.3 is 14.4 Å². The Morgan fingerprint density at radius 3 is 2.67 bits per heavy atom. The van der Waals surface area contributed by atoms with Gasteiger partial charge in [-0.3, -0.25) is 4.79 Å². The van der Waals surface area contributed by atoms with Gasteiger partial charge in [0.05, 0.1) is 13.7 Å². The first-order valence-electron chi connectivity index (χ1n) is 9.86. The summed E-state index contributed by atoms with van der Waals surface area (Å²) < 4.78 is 12.0. The van der Waals surface area contributed by atoms with Crippen LogP contribution in [0.3, 0.4) is 0 Å². The van der Waals surface area contributed by atoms with Gasteiger partial charge in [0.25, 0.3) is 5.91 Å². The largest absolute Gasteiger partial charge is 0.496 e. The molecule has 2 aromatic carbocycles. The Kier molecular flexibility index (Phi) is 4.92. The van der Waals surface area contributed by atoms with Gasteiger partial charge in [-0.2, -0.15) is 0 Å². The Hall–Kier alpha value is -2.33. The molecule has 0 atom stereocenters. The van der Waals surface area contributed by atoms with E-state index >= 15 is 0 Å². The number of nitrogens with zero attached hydrogens (tertiary/aromatic N) is 1. The van der Waals surface area contributed by atoms with E-state index in [1.807, 2.05) is 35.2 Å². The molecule has 0 bridgehead atoms. The fourth-order valence-electron chi connectivity index (χ4n) is 4.57. The van der Waals surface area contributed by atoms with Gasteiger partial charge in [-0.05, 0) is 48.9 Å². The quantitative estimate of drug-likeness (QED) is 0.826. The third-order valence-electron chi connectivity index (χ3n) is 6.02. The van der Waals surface area contributed by atoms with Crippen LogP contribution in [-0.4, -0.2) is 37.6 Å². The van der Waals surface area contributed by atoms with Crippen LogP contribution >= 0.6 is 0 Å². The van der Waals surface area contributed by atoms with Crippen LogP contribution in [0.25, 0.3) is 0 Å². The van der Waals surface area contributed by atoms with E-state index in [-0.39, 0.29) is 11.5 Å². The SMILES string of the molecule is CCc1ccccc1C(=O)N1CCC2(CC1)OCCc1cccc(OC)c12. The second kappa shape index (κ2) is 7.35. The number of ether oxygens (including phenoxy) is 2. The lowest BCUT2D eigenvalue weighted by Gasteiger charge is -2.45. The molecular weight excluding hydrogens is 338 g/mol. The topological polar surface area (TPSA) is 38.8 Å². The van der Waals surface area contributed by atoms with E-state index in [9.17, 15) is 4.79 Å². The van der Waals surface area contributed by atoms with Crippen molar-refractivity contribution in [3.63, 3.8) is 0 Å². The van der Waals surface area contributed by atoms with Crippen molar-refractivity contribution in [1.29, 1.82) is 0 Å². The highest BCUT2D eigenvalue weighted by Gasteiger charge is 2.43. The van der Waals surface area contributed by atoms with E-state index in [0.29, 0.717) is 13.1 Å². The summed E-state index contributed by atoms with van der Waals surface area (Å²) in [6.45, 7) is 4.23. The maximum atomic E-state index is 13.1. The minimum absolute atomic E-state index is 0.137. The van der Waals surface area contributed by atoms with Gasteiger partial charge in [0.2, 0.25) is 0 Å². The number of fused-ring (bicyclic) bond motifs is 2. The van der Waals surface area contributed by atoms with Crippen molar-refractivity contribution in [1.82, 2.24) is 4.90 Å². The van der Waals surface area contributed by atoms with Gasteiger partial charge in [-0.25, -0.2) is 0 Å². The number of piperidine rings is 1. The molecule has 0 aliphatic carbocycles. The molecule has 1 spiro atoms. The number of carbonyl (C=O) groups is 1. The van der Waals surface area contributed by atoms with Crippen LogP contribution in [0.4, 0.5) is 0 Å². The van der Waals surface area contributed by atoms with Crippen LogP contribution in [0, 0.1) is 0 Å². The molecule has 4 nitrogen and oxygen atoms in total. The fraction of sp³-hybridized carbons (Fsp3) is 0.435. The third kappa shape index (κ3) is 3.12. The molecule has 4 heteroatoms. The highest BCUT2D eigenvalue weighted by atomic mass is 16.5. The molecule has 2 heterocycles. The molecular formula is C23H27NO3. The standard InChI is InChI=1S/C23H27NO3/c1-3-17-7-4-5-9-19(17)22(25)24-14-12-23(13-15-24)21-18(11-16-27-23)8-6-10-20(21)26-2/h4-10H,3,11-16H2,1-2H3. The monoisotopic (exact) mass is 365 g/mol. The van der Waals surface area contributed by atoms with Crippen LogP contribution in [0.1, 0.15) is 46.8 Å². The zero-order chi connectivity index (χ0) is 18.9. The van der Waals surface area contributed by atoms with Crippen LogP contribution in [0.5, 0.6) is 5.75 Å². The molecule has 142 valence electrons. The Labute approximate surface area is 161 Å². The predicted octanol–water partition coefficient (Wildman–Crippen LogP) is 3.96. The van der Waals surface area contributed by atoms with Crippen LogP contribution in [0.15, 0.2) is 42.5 Å². The molecule has 1 amide bonds. The van der Waals surface area contributed by atoms with Crippen molar-refractivity contribution < 1.29 is 14.3 Å². The summed E-state index contributed by atoms with van der Waals surface area (Å²) in [6.07, 6.45) is 3.40. The van der Waals surface area contributed by atoms with Crippen molar-refractivity contribution in [2.45, 2.75) is 38.2 Å². The summed E-state index contributed by atoms with van der Waals surface area (Å²) in [4.78, 5) is 15.1. The molecule has 0 aromatic heterocycles. The van der Waals surface area contributed by atoms with Gasteiger partial charge in [0.15, 0.2) is 0 Å². The molecule has 2 aliphatic rings. The van der Waals surface area contributed by atoms with Crippen molar-refractivity contribution in [3.05, 3.63) is 64.7 Å². The fourth-order valence-corrected chi connectivity index (χ4v) is 4.57. The van der Waals surface area contributed by atoms with Crippen molar-refractivity contribution >= 4 is 5.91 Å². The van der Waals surface area contributed by atoms with Gasteiger partial charge in [-0.1, -0.05) is 37.3 Å². The number of aryl methyl sites for hydroxylation is 1. The number of carbonyl (C=O) groups excluding carboxylic acids is 1. The summed E-state index contributed by atoms with van der Waals surface area (Å²) >= 11 is 0. The maximum Gasteiger partial charge on any atom is 0.254 e. The molecule has 4 rings (SSSR count). The van der Waals surface area contributed by atoms with E-state index < -0.39 is 0 Å². The highest BCUT2D eigenvalue weighted by Crippen LogP contribution is 2.45. The van der Waals surface area contributed by atoms with E-state index in [0.717, 1.165) is 49.2 Å². The minimum Gasteiger partial charge on any atom is -0.496 e. The maximum absolute atomic E-state index is 13.1. The number of benzene rings is 2. The average molecular weight is 365 g/mol. The van der Waals surface area contributed by atoms with E-state index in [2.05, 4.69) is 19.1 Å². The molecule has 0 unspecified atom stereocenters. The van der Waals surface area contributed by atoms with E-state index in [1.165, 1.54) is 11.1 Å². The number of likely N-dealkylation sites (tertiary alicyclic amines) is 1. The Morgan fingerprint density at radius 1 is 1.15 bits per heavy atom. The Morgan fingerprint density at radius 2 is 1.93 bits per heavy atom. The minimum atomic E-state index is -0.332. The summed E-state index contributed by atoms with van der Waals surface area (Å²) in [5, 5.41) is 0. The molecule has 0 radical (unpaired) electrons. The molecule has 27 heavy (non-hydrogen) atoms. The van der Waals surface area contributed by atoms with E-state index in [4.69, 9.17) is 9.47 Å². The first-order valence-corrected chi connectivity index (χ1v) is 9.86. The number of methoxy groups -OCH3 is 1. The third-order valence-corrected chi connectivity index (χ3v) is 6.02. The summed E-state index contributed by atoms with van der Waals surface area (Å²) in [6, 6.07) is 14.2. The lowest BCUT2D eigenvalue weighted by atomic mass is 9.78. The van der Waals surface area contributed by atoms with Crippen LogP contribution < -0.4 is 4.74 Å². The predicted molar refractivity (Wildman–Crippen MR) is 105 cm³/mol. The molecule has 2 aliphatic heterocycles. The highest BCUT2D eigenvalue weighted by molar-refractivity contribution is 5.95. The second-order valence-electron chi connectivity index (χ2n) is 7.39. The van der Waals surface area contributed by atoms with Crippen LogP contribution in [0.2, 0.25) is 0 Å². The smallest absolute Gasteiger partial charge is 0.254 e. The van der Waals surface area contributed by atoms with Crippen molar-refractivity contribution in [2.24, 2.45) is 0 Å². The zero-order valence-corrected chi connectivity index (χ0v) is 16.2. The van der Waals surface area contributed by atoms with Gasteiger partial charge in [0.1, 0.15) is 11.4 Å². The lowest BCUT2D eigenvalue weighted by molar-refractivity contribution is -0.0946. The first-order chi connectivity index (χ1) is 13.2. The summed E-state index contributed by atoms with van der Waals surface area (Å²) in [5.74, 6) is 1.04. The van der Waals surface area contributed by atoms with Gasteiger partial charge in [-0.15, -0.1) is 0 Å². The van der Waals surface area contributed by atoms with Crippen LogP contribution in [-0.2, 0) is 23.2 Å². The van der Waals surface area contributed by atoms with Gasteiger partial charge >= 0.3 is 0 Å². The molecule has 2 aromatic rings. The lowest BCUT2D eigenvalue weighted by Crippen LogP contribution is -2.48. The van der Waals surface area contributed by atoms with Crippen molar-refractivity contribution in [3.8, 4) is 5.75 Å². The van der Waals surface area contributed by atoms with Gasteiger partial charge in [0, 0.05) is 24.2 Å². The number of hydrogen-bond donors (Lipinski definition) is 0. The first kappa shape index (κ1) is 18.1.